The van der Waals surface area contributed by atoms with Crippen molar-refractivity contribution in [3.8, 4) is 0 Å². The number of hydrogen-bond donors (Lipinski definition) is 2. The van der Waals surface area contributed by atoms with Gasteiger partial charge in [-0.3, -0.25) is 0 Å². The molecule has 1 aromatic carbocycles. The van der Waals surface area contributed by atoms with Gasteiger partial charge in [-0.2, -0.15) is 0 Å². The van der Waals surface area contributed by atoms with E-state index in [9.17, 15) is 0 Å². The first-order valence-corrected chi connectivity index (χ1v) is 5.45. The summed E-state index contributed by atoms with van der Waals surface area (Å²) >= 11 is 0. The van der Waals surface area contributed by atoms with E-state index in [0.29, 0.717) is 11.8 Å². The van der Waals surface area contributed by atoms with Crippen molar-refractivity contribution in [2.24, 2.45) is 11.8 Å². The first-order chi connectivity index (χ1) is 7.40. The molecule has 2 heteroatoms. The van der Waals surface area contributed by atoms with Crippen LogP contribution in [0.15, 0.2) is 36.4 Å². The number of aliphatic hydroxyl groups excluding tert-OH is 1. The van der Waals surface area contributed by atoms with Crippen LogP contribution in [0.1, 0.15) is 5.56 Å². The monoisotopic (exact) mass is 203 g/mol. The Morgan fingerprint density at radius 3 is 2.80 bits per heavy atom. The molecule has 1 aromatic rings. The number of rotatable bonds is 3. The van der Waals surface area contributed by atoms with Crippen molar-refractivity contribution in [2.45, 2.75) is 0 Å². The van der Waals surface area contributed by atoms with Gasteiger partial charge in [0, 0.05) is 25.6 Å². The Balaban J connectivity index is 1.99. The van der Waals surface area contributed by atoms with Crippen LogP contribution in [-0.4, -0.2) is 24.8 Å². The summed E-state index contributed by atoms with van der Waals surface area (Å²) in [5, 5.41) is 12.5. The molecule has 1 aliphatic rings. The highest BCUT2D eigenvalue weighted by Gasteiger charge is 2.23. The van der Waals surface area contributed by atoms with Gasteiger partial charge in [-0.05, 0) is 11.5 Å². The van der Waals surface area contributed by atoms with Gasteiger partial charge in [0.25, 0.3) is 0 Å². The van der Waals surface area contributed by atoms with Gasteiger partial charge in [0.2, 0.25) is 0 Å². The molecule has 2 rings (SSSR count). The Bertz CT molecular complexity index is 321. The fraction of sp³-hybridized carbons (Fsp3) is 0.385. The summed E-state index contributed by atoms with van der Waals surface area (Å²) < 4.78 is 0. The van der Waals surface area contributed by atoms with Crippen LogP contribution in [0.25, 0.3) is 6.08 Å². The third-order valence-corrected chi connectivity index (χ3v) is 2.96. The van der Waals surface area contributed by atoms with Gasteiger partial charge >= 0.3 is 0 Å². The topological polar surface area (TPSA) is 32.3 Å². The quantitative estimate of drug-likeness (QED) is 0.780. The Morgan fingerprint density at radius 2 is 2.07 bits per heavy atom. The van der Waals surface area contributed by atoms with Crippen LogP contribution in [0, 0.1) is 11.8 Å². The van der Waals surface area contributed by atoms with Crippen molar-refractivity contribution < 1.29 is 5.11 Å². The highest BCUT2D eigenvalue weighted by molar-refractivity contribution is 5.49. The zero-order chi connectivity index (χ0) is 10.5. The van der Waals surface area contributed by atoms with E-state index in [-0.39, 0.29) is 6.61 Å². The number of aliphatic hydroxyl groups is 1. The predicted molar refractivity (Wildman–Crippen MR) is 62.4 cm³/mol. The Kier molecular flexibility index (Phi) is 3.54. The van der Waals surface area contributed by atoms with Crippen LogP contribution in [-0.2, 0) is 0 Å². The van der Waals surface area contributed by atoms with Crippen LogP contribution < -0.4 is 5.32 Å². The lowest BCUT2D eigenvalue weighted by atomic mass is 9.96. The number of nitrogens with one attached hydrogen (secondary N) is 1. The molecule has 2 nitrogen and oxygen atoms in total. The van der Waals surface area contributed by atoms with Crippen LogP contribution in [0.4, 0.5) is 0 Å². The highest BCUT2D eigenvalue weighted by Crippen LogP contribution is 2.18. The van der Waals surface area contributed by atoms with Crippen molar-refractivity contribution in [3.05, 3.63) is 42.0 Å². The first kappa shape index (κ1) is 10.4. The molecule has 0 saturated carbocycles. The molecule has 0 amide bonds. The molecule has 0 unspecified atom stereocenters. The maximum atomic E-state index is 9.16. The normalized spacial score (nSPS) is 26.2. The van der Waals surface area contributed by atoms with E-state index in [1.807, 2.05) is 18.2 Å². The van der Waals surface area contributed by atoms with E-state index in [0.717, 1.165) is 13.1 Å². The minimum Gasteiger partial charge on any atom is -0.396 e. The standard InChI is InChI=1S/C13H17NO/c15-10-13-9-14-8-12(13)7-6-11-4-2-1-3-5-11/h1-7,12-15H,8-10H2/t12-,13+/m0/s1. The van der Waals surface area contributed by atoms with Gasteiger partial charge in [-0.1, -0.05) is 42.5 Å². The van der Waals surface area contributed by atoms with Crippen molar-refractivity contribution in [1.29, 1.82) is 0 Å². The third kappa shape index (κ3) is 2.67. The van der Waals surface area contributed by atoms with E-state index in [1.165, 1.54) is 5.56 Å². The zero-order valence-corrected chi connectivity index (χ0v) is 8.76. The summed E-state index contributed by atoms with van der Waals surface area (Å²) in [6.07, 6.45) is 4.34. The van der Waals surface area contributed by atoms with E-state index in [4.69, 9.17) is 5.11 Å². The second-order valence-corrected chi connectivity index (χ2v) is 4.03. The maximum Gasteiger partial charge on any atom is 0.0477 e. The molecule has 1 heterocycles. The van der Waals surface area contributed by atoms with Crippen molar-refractivity contribution in [2.75, 3.05) is 19.7 Å². The van der Waals surface area contributed by atoms with Crippen LogP contribution in [0.3, 0.4) is 0 Å². The molecule has 1 aliphatic heterocycles. The van der Waals surface area contributed by atoms with Crippen molar-refractivity contribution >= 4 is 6.08 Å². The molecule has 80 valence electrons. The van der Waals surface area contributed by atoms with E-state index < -0.39 is 0 Å². The molecule has 15 heavy (non-hydrogen) atoms. The molecule has 2 N–H and O–H groups in total. The summed E-state index contributed by atoms with van der Waals surface area (Å²) in [6, 6.07) is 10.3. The SMILES string of the molecule is OC[C@H]1CNC[C@@H]1C=Cc1ccccc1. The van der Waals surface area contributed by atoms with E-state index in [2.05, 4.69) is 29.6 Å². The smallest absolute Gasteiger partial charge is 0.0477 e. The van der Waals surface area contributed by atoms with E-state index >= 15 is 0 Å². The molecule has 2 atom stereocenters. The lowest BCUT2D eigenvalue weighted by molar-refractivity contribution is 0.220. The summed E-state index contributed by atoms with van der Waals surface area (Å²) in [5.41, 5.74) is 1.22. The molecule has 0 bridgehead atoms. The molecule has 1 saturated heterocycles. The summed E-state index contributed by atoms with van der Waals surface area (Å²) in [6.45, 7) is 2.19. The van der Waals surface area contributed by atoms with E-state index in [1.54, 1.807) is 0 Å². The fourth-order valence-corrected chi connectivity index (χ4v) is 1.98. The fourth-order valence-electron chi connectivity index (χ4n) is 1.98. The maximum absolute atomic E-state index is 9.16. The largest absolute Gasteiger partial charge is 0.396 e. The predicted octanol–water partition coefficient (Wildman–Crippen LogP) is 1.53. The minimum atomic E-state index is 0.275. The third-order valence-electron chi connectivity index (χ3n) is 2.96. The minimum absolute atomic E-state index is 0.275. The Hall–Kier alpha value is -1.12. The Morgan fingerprint density at radius 1 is 1.27 bits per heavy atom. The molecule has 0 aromatic heterocycles. The van der Waals surface area contributed by atoms with Crippen LogP contribution in [0.5, 0.6) is 0 Å². The van der Waals surface area contributed by atoms with Gasteiger partial charge in [0.05, 0.1) is 0 Å². The highest BCUT2D eigenvalue weighted by atomic mass is 16.3. The molecular weight excluding hydrogens is 186 g/mol. The second kappa shape index (κ2) is 5.10. The average molecular weight is 203 g/mol. The second-order valence-electron chi connectivity index (χ2n) is 4.03. The molecule has 0 aliphatic carbocycles. The van der Waals surface area contributed by atoms with Crippen LogP contribution in [0.2, 0.25) is 0 Å². The Labute approximate surface area is 90.6 Å². The van der Waals surface area contributed by atoms with Gasteiger partial charge in [-0.25, -0.2) is 0 Å². The molecule has 1 fully saturated rings. The molecular formula is C13H17NO. The van der Waals surface area contributed by atoms with Gasteiger partial charge in [-0.15, -0.1) is 0 Å². The number of hydrogen-bond acceptors (Lipinski definition) is 2. The average Bonchev–Trinajstić information content (AvgIpc) is 2.75. The first-order valence-electron chi connectivity index (χ1n) is 5.45. The molecule has 0 radical (unpaired) electrons. The lowest BCUT2D eigenvalue weighted by Gasteiger charge is -2.10. The van der Waals surface area contributed by atoms with Crippen LogP contribution >= 0.6 is 0 Å². The molecule has 0 spiro atoms. The van der Waals surface area contributed by atoms with Gasteiger partial charge in [0.1, 0.15) is 0 Å². The summed E-state index contributed by atoms with van der Waals surface area (Å²) in [4.78, 5) is 0. The van der Waals surface area contributed by atoms with Gasteiger partial charge in [0.15, 0.2) is 0 Å². The van der Waals surface area contributed by atoms with Gasteiger partial charge < -0.3 is 10.4 Å². The summed E-state index contributed by atoms with van der Waals surface area (Å²) in [7, 11) is 0. The zero-order valence-electron chi connectivity index (χ0n) is 8.76. The number of benzene rings is 1. The van der Waals surface area contributed by atoms with Crippen molar-refractivity contribution in [3.63, 3.8) is 0 Å². The van der Waals surface area contributed by atoms with Crippen molar-refractivity contribution in [1.82, 2.24) is 5.32 Å². The summed E-state index contributed by atoms with van der Waals surface area (Å²) in [5.74, 6) is 0.847. The lowest BCUT2D eigenvalue weighted by Crippen LogP contribution is -2.14.